The first-order chi connectivity index (χ1) is 23.9. The maximum Gasteiger partial charge on any atom is 0.408 e. The Hall–Kier alpha value is -5.39. The molecule has 5 rings (SSSR count). The zero-order chi connectivity index (χ0) is 35.7. The minimum atomic E-state index is -0.858. The Morgan fingerprint density at radius 3 is 2.34 bits per heavy atom. The number of ether oxygens (including phenoxy) is 2. The molecule has 2 heterocycles. The van der Waals surface area contributed by atoms with Gasteiger partial charge in [-0.15, -0.1) is 0 Å². The van der Waals surface area contributed by atoms with Gasteiger partial charge in [0.25, 0.3) is 0 Å². The molecule has 1 aliphatic heterocycles. The van der Waals surface area contributed by atoms with Crippen molar-refractivity contribution in [3.8, 4) is 11.3 Å². The van der Waals surface area contributed by atoms with Crippen LogP contribution in [0.25, 0.3) is 11.3 Å². The maximum atomic E-state index is 14.0. The Labute approximate surface area is 292 Å². The Morgan fingerprint density at radius 1 is 0.920 bits per heavy atom. The number of fused-ring (bicyclic) bond motifs is 1. The third-order valence-electron chi connectivity index (χ3n) is 8.11. The molecule has 0 aliphatic carbocycles. The number of carbonyl (C=O) groups excluding carboxylic acids is 3. The molecule has 50 heavy (non-hydrogen) atoms. The van der Waals surface area contributed by atoms with E-state index in [4.69, 9.17) is 14.5 Å². The second kappa shape index (κ2) is 16.3. The summed E-state index contributed by atoms with van der Waals surface area (Å²) >= 11 is 0. The molecule has 1 aromatic heterocycles. The number of benzene rings is 3. The van der Waals surface area contributed by atoms with Gasteiger partial charge in [-0.1, -0.05) is 48.0 Å². The van der Waals surface area contributed by atoms with E-state index in [1.54, 1.807) is 37.8 Å². The number of aryl methyl sites for hydroxylation is 1. The second-order valence-electron chi connectivity index (χ2n) is 13.3. The van der Waals surface area contributed by atoms with Crippen LogP contribution in [0.3, 0.4) is 0 Å². The fourth-order valence-electron chi connectivity index (χ4n) is 5.59. The number of hydrogen-bond donors (Lipinski definition) is 3. The normalized spacial score (nSPS) is 13.2. The van der Waals surface area contributed by atoms with Crippen molar-refractivity contribution >= 4 is 29.6 Å². The van der Waals surface area contributed by atoms with Gasteiger partial charge in [-0.05, 0) is 88.9 Å². The molecule has 264 valence electrons. The molecular weight excluding hydrogens is 639 g/mol. The SMILES string of the molecule is Cc1ccc(Nc2c(-c3ccc(F)cc3)nc3n2CCN(C(=O)[C@H](CCCCNC(=O)OC(C)(C)C)NC(=O)OCc2ccccc2)C3)cc1. The first-order valence-electron chi connectivity index (χ1n) is 16.9. The summed E-state index contributed by atoms with van der Waals surface area (Å²) in [5, 5.41) is 9.01. The molecule has 0 radical (unpaired) electrons. The summed E-state index contributed by atoms with van der Waals surface area (Å²) in [4.78, 5) is 45.6. The average Bonchev–Trinajstić information content (AvgIpc) is 3.44. The minimum Gasteiger partial charge on any atom is -0.445 e. The van der Waals surface area contributed by atoms with Crippen LogP contribution in [0.4, 0.5) is 25.5 Å². The fraction of sp³-hybridized carbons (Fsp3) is 0.368. The van der Waals surface area contributed by atoms with Crippen LogP contribution in [0.2, 0.25) is 0 Å². The first-order valence-corrected chi connectivity index (χ1v) is 16.9. The predicted octanol–water partition coefficient (Wildman–Crippen LogP) is 7.07. The highest BCUT2D eigenvalue weighted by molar-refractivity contribution is 5.86. The topological polar surface area (TPSA) is 127 Å². The van der Waals surface area contributed by atoms with Gasteiger partial charge in [0, 0.05) is 30.9 Å². The van der Waals surface area contributed by atoms with Crippen LogP contribution >= 0.6 is 0 Å². The monoisotopic (exact) mass is 684 g/mol. The summed E-state index contributed by atoms with van der Waals surface area (Å²) in [6, 6.07) is 22.6. The van der Waals surface area contributed by atoms with E-state index < -0.39 is 23.8 Å². The van der Waals surface area contributed by atoms with E-state index >= 15 is 0 Å². The lowest BCUT2D eigenvalue weighted by Crippen LogP contribution is -2.50. The molecule has 1 atom stereocenters. The molecule has 0 saturated carbocycles. The number of aromatic nitrogens is 2. The number of amides is 3. The minimum absolute atomic E-state index is 0.0669. The number of halogens is 1. The molecule has 0 bridgehead atoms. The van der Waals surface area contributed by atoms with Crippen LogP contribution in [0.15, 0.2) is 78.9 Å². The van der Waals surface area contributed by atoms with Crippen molar-refractivity contribution < 1.29 is 28.2 Å². The Bertz CT molecular complexity index is 1750. The van der Waals surface area contributed by atoms with Gasteiger partial charge in [-0.25, -0.2) is 19.0 Å². The van der Waals surface area contributed by atoms with E-state index in [1.807, 2.05) is 66.1 Å². The predicted molar refractivity (Wildman–Crippen MR) is 189 cm³/mol. The summed E-state index contributed by atoms with van der Waals surface area (Å²) in [5.41, 5.74) is 3.61. The number of carbonyl (C=O) groups is 3. The van der Waals surface area contributed by atoms with E-state index in [1.165, 1.54) is 12.1 Å². The van der Waals surface area contributed by atoms with Crippen molar-refractivity contribution in [3.63, 3.8) is 0 Å². The molecule has 12 heteroatoms. The van der Waals surface area contributed by atoms with Gasteiger partial charge in [0.1, 0.15) is 41.4 Å². The first kappa shape index (κ1) is 35.9. The molecule has 11 nitrogen and oxygen atoms in total. The van der Waals surface area contributed by atoms with Gasteiger partial charge in [-0.2, -0.15) is 0 Å². The standard InChI is InChI=1S/C38H45FN6O5/c1-26-13-19-30(20-14-26)41-34-33(28-15-17-29(39)18-16-28)43-32-24-44(22-23-45(32)34)35(46)31(12-8-9-21-40-36(47)50-38(2,3)4)42-37(48)49-25-27-10-6-5-7-11-27/h5-7,10-11,13-20,31,41H,8-9,12,21-25H2,1-4H3,(H,40,47)(H,42,48)/t31-/m0/s1. The molecule has 0 fully saturated rings. The Kier molecular flexibility index (Phi) is 11.7. The lowest BCUT2D eigenvalue weighted by atomic mass is 10.1. The molecular formula is C38H45FN6O5. The molecule has 0 saturated heterocycles. The van der Waals surface area contributed by atoms with Crippen molar-refractivity contribution in [2.45, 2.75) is 78.3 Å². The number of nitrogens with one attached hydrogen (secondary N) is 3. The zero-order valence-electron chi connectivity index (χ0n) is 29.0. The fourth-order valence-corrected chi connectivity index (χ4v) is 5.59. The van der Waals surface area contributed by atoms with Gasteiger partial charge in [0.05, 0.1) is 6.54 Å². The number of imidazole rings is 1. The van der Waals surface area contributed by atoms with Gasteiger partial charge < -0.3 is 34.9 Å². The maximum absolute atomic E-state index is 14.0. The number of anilines is 2. The van der Waals surface area contributed by atoms with Gasteiger partial charge in [0.15, 0.2) is 0 Å². The molecule has 0 spiro atoms. The molecule has 0 unspecified atom stereocenters. The van der Waals surface area contributed by atoms with Gasteiger partial charge in [0.2, 0.25) is 5.91 Å². The van der Waals surface area contributed by atoms with Crippen molar-refractivity contribution in [3.05, 3.63) is 102 Å². The van der Waals surface area contributed by atoms with E-state index in [9.17, 15) is 18.8 Å². The van der Waals surface area contributed by atoms with Crippen LogP contribution in [-0.2, 0) is 34.0 Å². The van der Waals surface area contributed by atoms with E-state index in [0.29, 0.717) is 50.4 Å². The van der Waals surface area contributed by atoms with Crippen LogP contribution < -0.4 is 16.0 Å². The van der Waals surface area contributed by atoms with Gasteiger partial charge in [-0.3, -0.25) is 4.79 Å². The van der Waals surface area contributed by atoms with Crippen LogP contribution in [-0.4, -0.2) is 57.3 Å². The Balaban J connectivity index is 1.30. The highest BCUT2D eigenvalue weighted by atomic mass is 19.1. The van der Waals surface area contributed by atoms with Crippen molar-refractivity contribution in [1.82, 2.24) is 25.1 Å². The number of rotatable bonds is 12. The van der Waals surface area contributed by atoms with Gasteiger partial charge >= 0.3 is 12.2 Å². The summed E-state index contributed by atoms with van der Waals surface area (Å²) in [5.74, 6) is 0.807. The summed E-state index contributed by atoms with van der Waals surface area (Å²) in [6.45, 7) is 8.87. The summed E-state index contributed by atoms with van der Waals surface area (Å²) in [7, 11) is 0. The molecule has 3 amide bonds. The highest BCUT2D eigenvalue weighted by Crippen LogP contribution is 2.33. The van der Waals surface area contributed by atoms with Crippen LogP contribution in [0, 0.1) is 12.7 Å². The number of hydrogen-bond acceptors (Lipinski definition) is 7. The molecule has 1 aliphatic rings. The largest absolute Gasteiger partial charge is 0.445 e. The van der Waals surface area contributed by atoms with E-state index in [0.717, 1.165) is 28.2 Å². The van der Waals surface area contributed by atoms with Crippen molar-refractivity contribution in [2.24, 2.45) is 0 Å². The second-order valence-corrected chi connectivity index (χ2v) is 13.3. The zero-order valence-corrected chi connectivity index (χ0v) is 29.0. The van der Waals surface area contributed by atoms with E-state index in [2.05, 4.69) is 16.0 Å². The third kappa shape index (κ3) is 10.1. The van der Waals surface area contributed by atoms with Crippen LogP contribution in [0.1, 0.15) is 57.0 Å². The Morgan fingerprint density at radius 2 is 1.64 bits per heavy atom. The number of nitrogens with zero attached hydrogens (tertiary/aromatic N) is 3. The van der Waals surface area contributed by atoms with E-state index in [-0.39, 0.29) is 24.9 Å². The summed E-state index contributed by atoms with van der Waals surface area (Å²) < 4.78 is 26.6. The smallest absolute Gasteiger partial charge is 0.408 e. The van der Waals surface area contributed by atoms with Crippen LogP contribution in [0.5, 0.6) is 0 Å². The molecule has 3 aromatic carbocycles. The lowest BCUT2D eigenvalue weighted by molar-refractivity contribution is -0.135. The quantitative estimate of drug-likeness (QED) is 0.136. The third-order valence-corrected chi connectivity index (χ3v) is 8.11. The lowest BCUT2D eigenvalue weighted by Gasteiger charge is -2.31. The number of alkyl carbamates (subject to hydrolysis) is 2. The molecule has 4 aromatic rings. The highest BCUT2D eigenvalue weighted by Gasteiger charge is 2.32. The average molecular weight is 685 g/mol. The molecule has 3 N–H and O–H groups in total. The summed E-state index contributed by atoms with van der Waals surface area (Å²) in [6.07, 6.45) is 0.255. The van der Waals surface area contributed by atoms with Crippen molar-refractivity contribution in [2.75, 3.05) is 18.4 Å². The number of unbranched alkanes of at least 4 members (excludes halogenated alkanes) is 1. The van der Waals surface area contributed by atoms with Crippen molar-refractivity contribution in [1.29, 1.82) is 0 Å².